The molecule has 1 aliphatic rings. The number of piperidine rings is 1. The number of H-pyrrole nitrogens is 1. The molecular formula is C23H23N9O2. The lowest BCUT2D eigenvalue weighted by Crippen LogP contribution is -2.29. The largest absolute Gasteiger partial charge is 0.485 e. The first-order valence-electron chi connectivity index (χ1n) is 11.1. The summed E-state index contributed by atoms with van der Waals surface area (Å²) in [7, 11) is 0. The Kier molecular flexibility index (Phi) is 5.15. The summed E-state index contributed by atoms with van der Waals surface area (Å²) in [6.45, 7) is 2.28. The number of rotatable bonds is 6. The summed E-state index contributed by atoms with van der Waals surface area (Å²) < 4.78 is 12.8. The lowest BCUT2D eigenvalue weighted by molar-refractivity contribution is 0.292. The van der Waals surface area contributed by atoms with Crippen LogP contribution in [0.3, 0.4) is 0 Å². The minimum atomic E-state index is 0.274. The molecule has 0 amide bonds. The number of aromatic nitrogens is 7. The second-order valence-corrected chi connectivity index (χ2v) is 8.20. The number of nitrogen functional groups attached to an aromatic ring is 1. The van der Waals surface area contributed by atoms with Gasteiger partial charge in [0.2, 0.25) is 0 Å². The second kappa shape index (κ2) is 8.60. The van der Waals surface area contributed by atoms with Gasteiger partial charge in [0.05, 0.1) is 29.6 Å². The molecule has 0 saturated carbocycles. The van der Waals surface area contributed by atoms with E-state index < -0.39 is 0 Å². The van der Waals surface area contributed by atoms with Crippen LogP contribution in [0.15, 0.2) is 53.6 Å². The summed E-state index contributed by atoms with van der Waals surface area (Å²) in [4.78, 5) is 17.2. The Morgan fingerprint density at radius 2 is 2.06 bits per heavy atom. The smallest absolute Gasteiger partial charge is 0.161 e. The van der Waals surface area contributed by atoms with E-state index in [2.05, 4.69) is 25.5 Å². The average molecular weight is 457 g/mol. The van der Waals surface area contributed by atoms with E-state index in [0.717, 1.165) is 37.0 Å². The van der Waals surface area contributed by atoms with E-state index in [1.54, 1.807) is 12.3 Å². The van der Waals surface area contributed by atoms with Gasteiger partial charge in [-0.1, -0.05) is 11.2 Å². The van der Waals surface area contributed by atoms with Crippen LogP contribution in [0.25, 0.3) is 33.8 Å². The van der Waals surface area contributed by atoms with Gasteiger partial charge < -0.3 is 25.3 Å². The average Bonchev–Trinajstić information content (AvgIpc) is 3.64. The minimum absolute atomic E-state index is 0.274. The van der Waals surface area contributed by atoms with Crippen molar-refractivity contribution in [2.24, 2.45) is 0 Å². The zero-order valence-corrected chi connectivity index (χ0v) is 18.3. The third kappa shape index (κ3) is 3.86. The highest BCUT2D eigenvalue weighted by Gasteiger charge is 2.19. The zero-order chi connectivity index (χ0) is 22.9. The Morgan fingerprint density at radius 1 is 1.15 bits per heavy atom. The van der Waals surface area contributed by atoms with E-state index in [1.165, 1.54) is 6.26 Å². The SMILES string of the molecule is Nc1ncc(-c2cnn(C3CCNCC3)c2)nc1-c1nc2c(OCc3ccon3)cccc2[nH]1. The predicted molar refractivity (Wildman–Crippen MR) is 125 cm³/mol. The van der Waals surface area contributed by atoms with Crippen LogP contribution in [-0.4, -0.2) is 48.0 Å². The number of nitrogens with zero attached hydrogens (tertiary/aromatic N) is 6. The molecular weight excluding hydrogens is 434 g/mol. The Balaban J connectivity index is 1.31. The molecule has 0 spiro atoms. The molecule has 1 saturated heterocycles. The minimum Gasteiger partial charge on any atom is -0.485 e. The molecule has 0 radical (unpaired) electrons. The van der Waals surface area contributed by atoms with E-state index >= 15 is 0 Å². The van der Waals surface area contributed by atoms with Crippen molar-refractivity contribution in [3.8, 4) is 28.5 Å². The lowest BCUT2D eigenvalue weighted by atomic mass is 10.1. The number of nitrogens with one attached hydrogen (secondary N) is 2. The number of hydrogen-bond donors (Lipinski definition) is 3. The van der Waals surface area contributed by atoms with Gasteiger partial charge in [0.1, 0.15) is 35.5 Å². The van der Waals surface area contributed by atoms with Crippen molar-refractivity contribution in [2.45, 2.75) is 25.5 Å². The van der Waals surface area contributed by atoms with Crippen LogP contribution in [-0.2, 0) is 6.61 Å². The normalized spacial score (nSPS) is 14.6. The van der Waals surface area contributed by atoms with Gasteiger partial charge >= 0.3 is 0 Å². The topological polar surface area (TPSA) is 146 Å². The van der Waals surface area contributed by atoms with Crippen LogP contribution in [0.1, 0.15) is 24.6 Å². The maximum absolute atomic E-state index is 6.19. The first-order chi connectivity index (χ1) is 16.7. The molecule has 172 valence electrons. The van der Waals surface area contributed by atoms with Crippen molar-refractivity contribution in [3.63, 3.8) is 0 Å². The number of fused-ring (bicyclic) bond motifs is 1. The van der Waals surface area contributed by atoms with E-state index in [1.807, 2.05) is 35.3 Å². The highest BCUT2D eigenvalue weighted by molar-refractivity contribution is 5.85. The highest BCUT2D eigenvalue weighted by atomic mass is 16.5. The zero-order valence-electron chi connectivity index (χ0n) is 18.3. The summed E-state index contributed by atoms with van der Waals surface area (Å²) in [5, 5.41) is 11.8. The van der Waals surface area contributed by atoms with Crippen molar-refractivity contribution in [1.82, 2.24) is 40.2 Å². The molecule has 0 bridgehead atoms. The fourth-order valence-corrected chi connectivity index (χ4v) is 4.15. The van der Waals surface area contributed by atoms with Crippen LogP contribution >= 0.6 is 0 Å². The van der Waals surface area contributed by atoms with Gasteiger partial charge in [-0.3, -0.25) is 4.68 Å². The van der Waals surface area contributed by atoms with Gasteiger partial charge in [0.25, 0.3) is 0 Å². The van der Waals surface area contributed by atoms with E-state index in [-0.39, 0.29) is 6.61 Å². The van der Waals surface area contributed by atoms with Gasteiger partial charge in [-0.25, -0.2) is 15.0 Å². The van der Waals surface area contributed by atoms with Crippen molar-refractivity contribution >= 4 is 16.9 Å². The van der Waals surface area contributed by atoms with Crippen LogP contribution in [0, 0.1) is 0 Å². The molecule has 1 fully saturated rings. The molecule has 11 nitrogen and oxygen atoms in total. The van der Waals surface area contributed by atoms with Gasteiger partial charge in [-0.05, 0) is 38.1 Å². The van der Waals surface area contributed by atoms with Crippen molar-refractivity contribution in [1.29, 1.82) is 0 Å². The summed E-state index contributed by atoms with van der Waals surface area (Å²) >= 11 is 0. The molecule has 11 heteroatoms. The monoisotopic (exact) mass is 457 g/mol. The summed E-state index contributed by atoms with van der Waals surface area (Å²) in [5.74, 6) is 1.43. The van der Waals surface area contributed by atoms with Crippen LogP contribution in [0.2, 0.25) is 0 Å². The maximum Gasteiger partial charge on any atom is 0.161 e. The standard InChI is InChI=1S/C23H23N9O2/c24-22-21(28-18(11-26-22)14-10-27-32(12-14)16-4-7-25-8-5-16)23-29-17-2-1-3-19(20(17)30-23)33-13-15-6-9-34-31-15/h1-3,6,9-12,16,25H,4-5,7-8,13H2,(H2,24,26)(H,29,30). The molecule has 6 rings (SSSR count). The molecule has 5 aromatic rings. The number of nitrogens with two attached hydrogens (primary N) is 1. The van der Waals surface area contributed by atoms with E-state index in [9.17, 15) is 0 Å². The lowest BCUT2D eigenvalue weighted by Gasteiger charge is -2.22. The van der Waals surface area contributed by atoms with Crippen LogP contribution in [0.5, 0.6) is 5.75 Å². The van der Waals surface area contributed by atoms with Crippen LogP contribution < -0.4 is 15.8 Å². The first-order valence-corrected chi connectivity index (χ1v) is 11.1. The van der Waals surface area contributed by atoms with E-state index in [4.69, 9.17) is 25.0 Å². The summed E-state index contributed by atoms with van der Waals surface area (Å²) in [6.07, 6.45) is 9.13. The number of ether oxygens (including phenoxy) is 1. The number of hydrogen-bond acceptors (Lipinski definition) is 9. The Bertz CT molecular complexity index is 1420. The quantitative estimate of drug-likeness (QED) is 0.350. The first kappa shape index (κ1) is 20.4. The second-order valence-electron chi connectivity index (χ2n) is 8.20. The molecule has 4 aromatic heterocycles. The fraction of sp³-hybridized carbons (Fsp3) is 0.261. The van der Waals surface area contributed by atoms with Crippen molar-refractivity contribution < 1.29 is 9.26 Å². The van der Waals surface area contributed by atoms with Gasteiger partial charge in [0, 0.05) is 17.8 Å². The molecule has 4 N–H and O–H groups in total. The predicted octanol–water partition coefficient (Wildman–Crippen LogP) is 2.96. The number of imidazole rings is 1. The maximum atomic E-state index is 6.19. The summed E-state index contributed by atoms with van der Waals surface area (Å²) in [5.41, 5.74) is 10.4. The van der Waals surface area contributed by atoms with Gasteiger partial charge in [0.15, 0.2) is 11.6 Å². The Morgan fingerprint density at radius 3 is 2.91 bits per heavy atom. The third-order valence-corrected chi connectivity index (χ3v) is 5.95. The number of para-hydroxylation sites is 1. The molecule has 34 heavy (non-hydrogen) atoms. The van der Waals surface area contributed by atoms with E-state index in [0.29, 0.717) is 46.0 Å². The number of aromatic amines is 1. The molecule has 1 aromatic carbocycles. The Hall–Kier alpha value is -4.25. The van der Waals surface area contributed by atoms with Crippen molar-refractivity contribution in [2.75, 3.05) is 18.8 Å². The molecule has 0 aliphatic carbocycles. The molecule has 0 unspecified atom stereocenters. The van der Waals surface area contributed by atoms with Gasteiger partial charge in [-0.2, -0.15) is 5.10 Å². The third-order valence-electron chi connectivity index (χ3n) is 5.95. The number of anilines is 1. The van der Waals surface area contributed by atoms with Gasteiger partial charge in [-0.15, -0.1) is 0 Å². The molecule has 0 atom stereocenters. The molecule has 1 aliphatic heterocycles. The highest BCUT2D eigenvalue weighted by Crippen LogP contribution is 2.30. The molecule has 5 heterocycles. The fourth-order valence-electron chi connectivity index (χ4n) is 4.15. The number of benzene rings is 1. The van der Waals surface area contributed by atoms with Crippen molar-refractivity contribution in [3.05, 3.63) is 54.8 Å². The summed E-state index contributed by atoms with van der Waals surface area (Å²) in [6, 6.07) is 7.81. The van der Waals surface area contributed by atoms with Crippen LogP contribution in [0.4, 0.5) is 5.82 Å². The Labute approximate surface area is 194 Å².